The average molecular weight is 278 g/mol. The molecule has 1 aromatic rings. The molecule has 0 bridgehead atoms. The van der Waals surface area contributed by atoms with Gasteiger partial charge in [-0.2, -0.15) is 0 Å². The number of unbranched alkanes of at least 4 members (excludes halogenated alkanes) is 6. The lowest BCUT2D eigenvalue weighted by atomic mass is 10.1. The summed E-state index contributed by atoms with van der Waals surface area (Å²) in [7, 11) is 0. The summed E-state index contributed by atoms with van der Waals surface area (Å²) in [6, 6.07) is 1.31. The molecule has 0 radical (unpaired) electrons. The first-order valence-electron chi connectivity index (χ1n) is 7.10. The van der Waals surface area contributed by atoms with E-state index in [-0.39, 0.29) is 11.4 Å². The number of nitrogens with zero attached hydrogens (tertiary/aromatic N) is 2. The van der Waals surface area contributed by atoms with Crippen molar-refractivity contribution in [1.29, 1.82) is 0 Å². The minimum atomic E-state index is -1.25. The standard InChI is InChI=1S/C15H22N2O3/c1-2-3-4-5-6-7-8-9-16-12-10-13(18)14(15(19)20)17-11-12/h9-11,18H,2-8H2,1H3,(H,19,20). The highest BCUT2D eigenvalue weighted by Gasteiger charge is 2.10. The Morgan fingerprint density at radius 3 is 2.65 bits per heavy atom. The van der Waals surface area contributed by atoms with Gasteiger partial charge in [0, 0.05) is 12.3 Å². The number of aromatic carboxylic acids is 1. The van der Waals surface area contributed by atoms with E-state index in [2.05, 4.69) is 16.9 Å². The quantitative estimate of drug-likeness (QED) is 0.529. The minimum Gasteiger partial charge on any atom is -0.505 e. The fourth-order valence-corrected chi connectivity index (χ4v) is 1.86. The van der Waals surface area contributed by atoms with Crippen LogP contribution in [-0.2, 0) is 0 Å². The molecule has 20 heavy (non-hydrogen) atoms. The van der Waals surface area contributed by atoms with Crippen molar-refractivity contribution < 1.29 is 15.0 Å². The van der Waals surface area contributed by atoms with Crippen LogP contribution in [0.25, 0.3) is 0 Å². The van der Waals surface area contributed by atoms with E-state index in [0.29, 0.717) is 5.69 Å². The summed E-state index contributed by atoms with van der Waals surface area (Å²) in [6.45, 7) is 2.20. The van der Waals surface area contributed by atoms with Gasteiger partial charge in [-0.1, -0.05) is 39.0 Å². The molecule has 5 nitrogen and oxygen atoms in total. The van der Waals surface area contributed by atoms with Gasteiger partial charge in [0.1, 0.15) is 0 Å². The van der Waals surface area contributed by atoms with Gasteiger partial charge >= 0.3 is 5.97 Å². The molecule has 0 atom stereocenters. The van der Waals surface area contributed by atoms with Crippen molar-refractivity contribution in [2.45, 2.75) is 51.9 Å². The lowest BCUT2D eigenvalue weighted by molar-refractivity contribution is 0.0687. The normalized spacial score (nSPS) is 11.1. The SMILES string of the molecule is CCCCCCCCC=Nc1cnc(C(=O)O)c(O)c1. The summed E-state index contributed by atoms with van der Waals surface area (Å²) >= 11 is 0. The van der Waals surface area contributed by atoms with Crippen LogP contribution in [0.3, 0.4) is 0 Å². The zero-order valence-electron chi connectivity index (χ0n) is 11.9. The fourth-order valence-electron chi connectivity index (χ4n) is 1.86. The zero-order valence-corrected chi connectivity index (χ0v) is 11.9. The first kappa shape index (κ1) is 16.1. The molecule has 0 spiro atoms. The maximum absolute atomic E-state index is 10.7. The van der Waals surface area contributed by atoms with E-state index in [9.17, 15) is 9.90 Å². The second-order valence-electron chi connectivity index (χ2n) is 4.73. The molecule has 0 aromatic carbocycles. The molecule has 0 saturated heterocycles. The highest BCUT2D eigenvalue weighted by Crippen LogP contribution is 2.21. The van der Waals surface area contributed by atoms with Crippen molar-refractivity contribution in [3.8, 4) is 5.75 Å². The first-order chi connectivity index (χ1) is 9.65. The second kappa shape index (κ2) is 9.07. The summed E-state index contributed by atoms with van der Waals surface area (Å²) in [5.41, 5.74) is 0.123. The third kappa shape index (κ3) is 5.82. The Labute approximate surface area is 119 Å². The Morgan fingerprint density at radius 2 is 2.00 bits per heavy atom. The molecule has 1 aromatic heterocycles. The number of aliphatic imine (C=N–C) groups is 1. The summed E-state index contributed by atoms with van der Waals surface area (Å²) in [5.74, 6) is -1.60. The molecule has 0 fully saturated rings. The summed E-state index contributed by atoms with van der Waals surface area (Å²) in [6.07, 6.45) is 11.4. The topological polar surface area (TPSA) is 82.8 Å². The molecule has 0 amide bonds. The molecule has 0 saturated carbocycles. The van der Waals surface area contributed by atoms with Crippen LogP contribution in [0.15, 0.2) is 17.3 Å². The monoisotopic (exact) mass is 278 g/mol. The van der Waals surface area contributed by atoms with Crippen LogP contribution < -0.4 is 0 Å². The van der Waals surface area contributed by atoms with Gasteiger partial charge in [-0.05, 0) is 12.8 Å². The molecule has 0 aliphatic rings. The third-order valence-corrected chi connectivity index (χ3v) is 2.98. The van der Waals surface area contributed by atoms with Crippen LogP contribution >= 0.6 is 0 Å². The Kier molecular flexibility index (Phi) is 7.32. The van der Waals surface area contributed by atoms with E-state index < -0.39 is 5.97 Å². The Balaban J connectivity index is 2.32. The van der Waals surface area contributed by atoms with Crippen molar-refractivity contribution in [2.24, 2.45) is 4.99 Å². The zero-order chi connectivity index (χ0) is 14.8. The van der Waals surface area contributed by atoms with Crippen LogP contribution in [-0.4, -0.2) is 27.4 Å². The predicted octanol–water partition coefficient (Wildman–Crippen LogP) is 3.94. The van der Waals surface area contributed by atoms with Gasteiger partial charge in [0.15, 0.2) is 11.4 Å². The van der Waals surface area contributed by atoms with Crippen molar-refractivity contribution in [3.05, 3.63) is 18.0 Å². The van der Waals surface area contributed by atoms with Gasteiger partial charge in [0.05, 0.1) is 11.9 Å². The highest BCUT2D eigenvalue weighted by atomic mass is 16.4. The summed E-state index contributed by atoms with van der Waals surface area (Å²) in [4.78, 5) is 18.5. The molecular formula is C15H22N2O3. The number of pyridine rings is 1. The molecule has 1 rings (SSSR count). The molecule has 1 heterocycles. The summed E-state index contributed by atoms with van der Waals surface area (Å²) in [5, 5.41) is 18.2. The Bertz CT molecular complexity index is 458. The number of aromatic nitrogens is 1. The lowest BCUT2D eigenvalue weighted by Gasteiger charge is -2.00. The Morgan fingerprint density at radius 1 is 1.30 bits per heavy atom. The number of carbonyl (C=O) groups is 1. The lowest BCUT2D eigenvalue weighted by Crippen LogP contribution is -1.99. The van der Waals surface area contributed by atoms with Crippen LogP contribution in [0.2, 0.25) is 0 Å². The van der Waals surface area contributed by atoms with Gasteiger partial charge in [0.2, 0.25) is 0 Å². The molecule has 0 aliphatic heterocycles. The largest absolute Gasteiger partial charge is 0.505 e. The molecule has 0 unspecified atom stereocenters. The number of hydrogen-bond acceptors (Lipinski definition) is 4. The van der Waals surface area contributed by atoms with Gasteiger partial charge in [-0.3, -0.25) is 4.99 Å². The van der Waals surface area contributed by atoms with E-state index in [1.807, 2.05) is 0 Å². The van der Waals surface area contributed by atoms with E-state index in [0.717, 1.165) is 12.8 Å². The average Bonchev–Trinajstić information content (AvgIpc) is 2.41. The van der Waals surface area contributed by atoms with Gasteiger partial charge in [0.25, 0.3) is 0 Å². The fraction of sp³-hybridized carbons (Fsp3) is 0.533. The highest BCUT2D eigenvalue weighted by molar-refractivity contribution is 5.88. The van der Waals surface area contributed by atoms with Crippen molar-refractivity contribution in [3.63, 3.8) is 0 Å². The van der Waals surface area contributed by atoms with Crippen molar-refractivity contribution in [2.75, 3.05) is 0 Å². The summed E-state index contributed by atoms with van der Waals surface area (Å²) < 4.78 is 0. The van der Waals surface area contributed by atoms with Crippen LogP contribution in [0.5, 0.6) is 5.75 Å². The molecule has 5 heteroatoms. The first-order valence-corrected chi connectivity index (χ1v) is 7.10. The molecule has 0 aliphatic carbocycles. The molecule has 110 valence electrons. The van der Waals surface area contributed by atoms with E-state index >= 15 is 0 Å². The number of hydrogen-bond donors (Lipinski definition) is 2. The third-order valence-electron chi connectivity index (χ3n) is 2.98. The van der Waals surface area contributed by atoms with E-state index in [4.69, 9.17) is 5.11 Å². The molecular weight excluding hydrogens is 256 g/mol. The predicted molar refractivity (Wildman–Crippen MR) is 79.0 cm³/mol. The van der Waals surface area contributed by atoms with Crippen LogP contribution in [0.1, 0.15) is 62.4 Å². The van der Waals surface area contributed by atoms with Crippen molar-refractivity contribution >= 4 is 17.9 Å². The minimum absolute atomic E-state index is 0.347. The molecule has 2 N–H and O–H groups in total. The number of aromatic hydroxyl groups is 1. The maximum Gasteiger partial charge on any atom is 0.358 e. The smallest absolute Gasteiger partial charge is 0.358 e. The van der Waals surface area contributed by atoms with Gasteiger partial charge in [-0.25, -0.2) is 9.78 Å². The van der Waals surface area contributed by atoms with E-state index in [1.165, 1.54) is 44.4 Å². The number of carboxylic acids is 1. The number of rotatable bonds is 9. The van der Waals surface area contributed by atoms with Crippen molar-refractivity contribution in [1.82, 2.24) is 4.98 Å². The van der Waals surface area contributed by atoms with Gasteiger partial charge < -0.3 is 10.2 Å². The van der Waals surface area contributed by atoms with Crippen LogP contribution in [0.4, 0.5) is 5.69 Å². The number of carboxylic acid groups (broad SMARTS) is 1. The maximum atomic E-state index is 10.7. The second-order valence-corrected chi connectivity index (χ2v) is 4.73. The Hall–Kier alpha value is -1.91. The van der Waals surface area contributed by atoms with Gasteiger partial charge in [-0.15, -0.1) is 0 Å². The van der Waals surface area contributed by atoms with E-state index in [1.54, 1.807) is 6.21 Å². The van der Waals surface area contributed by atoms with Crippen LogP contribution in [0, 0.1) is 0 Å².